The number of nitrogens with one attached hydrogen (secondary N) is 1. The van der Waals surface area contributed by atoms with Crippen molar-refractivity contribution in [1.82, 2.24) is 14.8 Å². The number of halogens is 2. The normalized spacial score (nSPS) is 12.8. The maximum Gasteiger partial charge on any atom is 0.237 e. The van der Waals surface area contributed by atoms with Gasteiger partial charge < -0.3 is 10.1 Å². The van der Waals surface area contributed by atoms with Gasteiger partial charge in [0.25, 0.3) is 0 Å². The van der Waals surface area contributed by atoms with Crippen LogP contribution >= 0.6 is 11.8 Å². The van der Waals surface area contributed by atoms with E-state index in [2.05, 4.69) is 29.4 Å². The Morgan fingerprint density at radius 2 is 1.65 bits per heavy atom. The number of rotatable bonds is 9. The van der Waals surface area contributed by atoms with Gasteiger partial charge in [0, 0.05) is 11.8 Å². The maximum absolute atomic E-state index is 14.0. The zero-order valence-electron chi connectivity index (χ0n) is 21.0. The maximum atomic E-state index is 14.0. The monoisotopic (exact) mass is 522 g/mol. The Kier molecular flexibility index (Phi) is 8.23. The van der Waals surface area contributed by atoms with Gasteiger partial charge in [-0.2, -0.15) is 0 Å². The lowest BCUT2D eigenvalue weighted by molar-refractivity contribution is -0.115. The van der Waals surface area contributed by atoms with Gasteiger partial charge >= 0.3 is 0 Å². The fraction of sp³-hybridized carbons (Fsp3) is 0.250. The number of amides is 1. The van der Waals surface area contributed by atoms with Crippen molar-refractivity contribution in [2.75, 3.05) is 5.32 Å². The van der Waals surface area contributed by atoms with E-state index in [0.717, 1.165) is 17.8 Å². The minimum atomic E-state index is -0.840. The van der Waals surface area contributed by atoms with E-state index in [9.17, 15) is 13.6 Å². The molecule has 9 heteroatoms. The van der Waals surface area contributed by atoms with Crippen molar-refractivity contribution in [2.45, 2.75) is 50.1 Å². The molecule has 1 N–H and O–H groups in total. The topological polar surface area (TPSA) is 69.0 Å². The van der Waals surface area contributed by atoms with E-state index in [1.807, 2.05) is 66.1 Å². The van der Waals surface area contributed by atoms with Gasteiger partial charge in [0.2, 0.25) is 5.91 Å². The van der Waals surface area contributed by atoms with Crippen molar-refractivity contribution in [1.29, 1.82) is 0 Å². The van der Waals surface area contributed by atoms with Crippen LogP contribution in [-0.2, 0) is 4.79 Å². The molecule has 0 saturated heterocycles. The van der Waals surface area contributed by atoms with Gasteiger partial charge in [-0.15, -0.1) is 10.2 Å². The van der Waals surface area contributed by atoms with Crippen LogP contribution in [0.5, 0.6) is 5.75 Å². The summed E-state index contributed by atoms with van der Waals surface area (Å²) in [6, 6.07) is 20.5. The number of benzene rings is 3. The van der Waals surface area contributed by atoms with E-state index in [0.29, 0.717) is 22.6 Å². The molecule has 4 aromatic rings. The lowest BCUT2D eigenvalue weighted by Crippen LogP contribution is -2.23. The van der Waals surface area contributed by atoms with Crippen LogP contribution in [0.25, 0.3) is 5.69 Å². The van der Waals surface area contributed by atoms with Crippen molar-refractivity contribution in [3.05, 3.63) is 95.8 Å². The van der Waals surface area contributed by atoms with Crippen LogP contribution in [0.15, 0.2) is 78.0 Å². The number of nitrogens with zero attached hydrogens (tertiary/aromatic N) is 3. The molecule has 0 bridgehead atoms. The average molecular weight is 523 g/mol. The van der Waals surface area contributed by atoms with E-state index in [1.54, 1.807) is 6.92 Å². The number of thioether (sulfide) groups is 1. The zero-order valence-corrected chi connectivity index (χ0v) is 21.8. The van der Waals surface area contributed by atoms with Crippen LogP contribution in [0.1, 0.15) is 51.1 Å². The van der Waals surface area contributed by atoms with E-state index in [4.69, 9.17) is 4.74 Å². The first-order valence-corrected chi connectivity index (χ1v) is 12.8. The van der Waals surface area contributed by atoms with Crippen molar-refractivity contribution in [3.8, 4) is 11.4 Å². The van der Waals surface area contributed by atoms with Gasteiger partial charge in [-0.3, -0.25) is 9.36 Å². The number of aromatic nitrogens is 3. The van der Waals surface area contributed by atoms with Gasteiger partial charge in [-0.25, -0.2) is 8.78 Å². The molecule has 1 heterocycles. The number of hydrogen-bond donors (Lipinski definition) is 1. The summed E-state index contributed by atoms with van der Waals surface area (Å²) in [7, 11) is 0. The third-order valence-corrected chi connectivity index (χ3v) is 6.78. The van der Waals surface area contributed by atoms with Crippen LogP contribution in [0.4, 0.5) is 14.5 Å². The van der Waals surface area contributed by atoms with E-state index < -0.39 is 28.9 Å². The Balaban J connectivity index is 1.56. The largest absolute Gasteiger partial charge is 0.483 e. The van der Waals surface area contributed by atoms with E-state index >= 15 is 0 Å². The molecule has 1 aromatic heterocycles. The van der Waals surface area contributed by atoms with E-state index in [1.165, 1.54) is 23.4 Å². The first kappa shape index (κ1) is 26.3. The lowest BCUT2D eigenvalue weighted by Gasteiger charge is -2.18. The second kappa shape index (κ2) is 11.6. The van der Waals surface area contributed by atoms with Gasteiger partial charge in [0.05, 0.1) is 10.9 Å². The molecule has 37 heavy (non-hydrogen) atoms. The third-order valence-electron chi connectivity index (χ3n) is 5.74. The number of hydrogen-bond acceptors (Lipinski definition) is 5. The number of ether oxygens (including phenoxy) is 1. The van der Waals surface area contributed by atoms with Gasteiger partial charge in [-0.05, 0) is 61.7 Å². The summed E-state index contributed by atoms with van der Waals surface area (Å²) in [6.45, 7) is 7.85. The Bertz CT molecular complexity index is 1360. The van der Waals surface area contributed by atoms with Crippen molar-refractivity contribution < 1.29 is 18.3 Å². The quantitative estimate of drug-likeness (QED) is 0.242. The highest BCUT2D eigenvalue weighted by Gasteiger charge is 2.25. The molecule has 6 nitrogen and oxygen atoms in total. The molecule has 4 rings (SSSR count). The van der Waals surface area contributed by atoms with Crippen LogP contribution < -0.4 is 10.1 Å². The summed E-state index contributed by atoms with van der Waals surface area (Å²) in [4.78, 5) is 12.8. The number of carbonyl (C=O) groups excluding carboxylic acids is 1. The second-order valence-corrected chi connectivity index (χ2v) is 10.2. The molecule has 2 atom stereocenters. The summed E-state index contributed by atoms with van der Waals surface area (Å²) in [5.74, 6) is -0.303. The summed E-state index contributed by atoms with van der Waals surface area (Å²) in [6.07, 6.45) is -0.440. The highest BCUT2D eigenvalue weighted by atomic mass is 32.2. The number of carbonyl (C=O) groups is 1. The minimum Gasteiger partial charge on any atom is -0.483 e. The summed E-state index contributed by atoms with van der Waals surface area (Å²) < 4.78 is 35.3. The summed E-state index contributed by atoms with van der Waals surface area (Å²) >= 11 is 1.18. The molecule has 3 aromatic carbocycles. The Hall–Kier alpha value is -3.72. The first-order chi connectivity index (χ1) is 17.7. The molecule has 2 unspecified atom stereocenters. The molecular formula is C28H28F2N4O2S. The predicted octanol–water partition coefficient (Wildman–Crippen LogP) is 6.93. The standard InChI is InChI=1S/C28H28F2N4O2S/c1-17(2)20-10-13-23(14-11-20)36-18(3)26-32-33-28(34(26)22-8-6-5-7-9-22)37-19(4)27(35)31-25-15-12-21(29)16-24(25)30/h5-19H,1-4H3,(H,31,35). The molecule has 0 radical (unpaired) electrons. The van der Waals surface area contributed by atoms with Gasteiger partial charge in [-0.1, -0.05) is 55.9 Å². The minimum absolute atomic E-state index is 0.0884. The average Bonchev–Trinajstić information content (AvgIpc) is 3.30. The van der Waals surface area contributed by atoms with Crippen LogP contribution in [0, 0.1) is 11.6 Å². The molecular weight excluding hydrogens is 494 g/mol. The van der Waals surface area contributed by atoms with Crippen LogP contribution in [0.3, 0.4) is 0 Å². The second-order valence-electron chi connectivity index (χ2n) is 8.87. The number of para-hydroxylation sites is 1. The summed E-state index contributed by atoms with van der Waals surface area (Å²) in [5.41, 5.74) is 1.95. The fourth-order valence-corrected chi connectivity index (χ4v) is 4.54. The van der Waals surface area contributed by atoms with Gasteiger partial charge in [0.1, 0.15) is 17.4 Å². The van der Waals surface area contributed by atoms with Crippen molar-refractivity contribution >= 4 is 23.4 Å². The van der Waals surface area contributed by atoms with Crippen molar-refractivity contribution in [3.63, 3.8) is 0 Å². The third kappa shape index (κ3) is 6.35. The van der Waals surface area contributed by atoms with Crippen LogP contribution in [0.2, 0.25) is 0 Å². The highest BCUT2D eigenvalue weighted by Crippen LogP contribution is 2.31. The first-order valence-electron chi connectivity index (χ1n) is 11.9. The molecule has 0 spiro atoms. The fourth-order valence-electron chi connectivity index (χ4n) is 3.67. The molecule has 0 aliphatic heterocycles. The predicted molar refractivity (Wildman–Crippen MR) is 141 cm³/mol. The SMILES string of the molecule is CC(Sc1nnc(C(C)Oc2ccc(C(C)C)cc2)n1-c1ccccc1)C(=O)Nc1ccc(F)cc1F. The number of anilines is 1. The molecule has 0 aliphatic rings. The molecule has 0 fully saturated rings. The summed E-state index contributed by atoms with van der Waals surface area (Å²) in [5, 5.41) is 11.1. The van der Waals surface area contributed by atoms with Crippen LogP contribution in [-0.4, -0.2) is 25.9 Å². The lowest BCUT2D eigenvalue weighted by atomic mass is 10.0. The molecule has 0 aliphatic carbocycles. The Morgan fingerprint density at radius 3 is 2.30 bits per heavy atom. The molecule has 0 saturated carbocycles. The Labute approximate surface area is 219 Å². The van der Waals surface area contributed by atoms with Crippen molar-refractivity contribution in [2.24, 2.45) is 0 Å². The van der Waals surface area contributed by atoms with E-state index in [-0.39, 0.29) is 5.69 Å². The Morgan fingerprint density at radius 1 is 0.946 bits per heavy atom. The highest BCUT2D eigenvalue weighted by molar-refractivity contribution is 8.00. The van der Waals surface area contributed by atoms with Gasteiger partial charge in [0.15, 0.2) is 17.1 Å². The zero-order chi connectivity index (χ0) is 26.5. The molecule has 1 amide bonds. The smallest absolute Gasteiger partial charge is 0.237 e. The molecule has 192 valence electrons.